The molecule has 0 spiro atoms. The number of ether oxygens (including phenoxy) is 1. The molecule has 0 amide bonds. The van der Waals surface area contributed by atoms with Gasteiger partial charge in [-0.2, -0.15) is 0 Å². The molecule has 0 aliphatic heterocycles. The summed E-state index contributed by atoms with van der Waals surface area (Å²) in [7, 11) is 0. The third kappa shape index (κ3) is 5.12. The number of rotatable bonds is 7. The maximum atomic E-state index is 10.5. The standard InChI is InChI=1S/C17H17ClO3/c18-16-6-2-1-5-14(16)12-21-15-10-8-13(9-11-15)4-3-7-17(19)20/h1-2,5-6,8-11H,3-4,7,12H2,(H,19,20). The van der Waals surface area contributed by atoms with Gasteiger partial charge < -0.3 is 9.84 Å². The Morgan fingerprint density at radius 3 is 2.48 bits per heavy atom. The van der Waals surface area contributed by atoms with Gasteiger partial charge in [-0.05, 0) is 36.6 Å². The summed E-state index contributed by atoms with van der Waals surface area (Å²) in [4.78, 5) is 10.5. The lowest BCUT2D eigenvalue weighted by Gasteiger charge is -2.08. The van der Waals surface area contributed by atoms with Gasteiger partial charge in [0, 0.05) is 17.0 Å². The Morgan fingerprint density at radius 1 is 1.10 bits per heavy atom. The van der Waals surface area contributed by atoms with Crippen molar-refractivity contribution >= 4 is 17.6 Å². The first-order valence-electron chi connectivity index (χ1n) is 6.82. The van der Waals surface area contributed by atoms with E-state index in [-0.39, 0.29) is 6.42 Å². The van der Waals surface area contributed by atoms with E-state index in [1.54, 1.807) is 0 Å². The molecule has 0 aromatic heterocycles. The predicted molar refractivity (Wildman–Crippen MR) is 82.8 cm³/mol. The minimum atomic E-state index is -0.755. The number of aliphatic carboxylic acids is 1. The van der Waals surface area contributed by atoms with Crippen molar-refractivity contribution in [3.8, 4) is 5.75 Å². The SMILES string of the molecule is O=C(O)CCCc1ccc(OCc2ccccc2Cl)cc1. The van der Waals surface area contributed by atoms with Gasteiger partial charge in [0.05, 0.1) is 0 Å². The second-order valence-electron chi connectivity index (χ2n) is 4.77. The second-order valence-corrected chi connectivity index (χ2v) is 5.18. The highest BCUT2D eigenvalue weighted by atomic mass is 35.5. The van der Waals surface area contributed by atoms with E-state index in [9.17, 15) is 4.79 Å². The second kappa shape index (κ2) is 7.70. The summed E-state index contributed by atoms with van der Waals surface area (Å²) in [6.07, 6.45) is 1.61. The fraction of sp³-hybridized carbons (Fsp3) is 0.235. The van der Waals surface area contributed by atoms with E-state index < -0.39 is 5.97 Å². The zero-order valence-electron chi connectivity index (χ0n) is 11.6. The van der Waals surface area contributed by atoms with Crippen LogP contribution in [0.1, 0.15) is 24.0 Å². The average Bonchev–Trinajstić information content (AvgIpc) is 2.47. The van der Waals surface area contributed by atoms with Crippen LogP contribution in [-0.2, 0) is 17.8 Å². The number of halogens is 1. The molecule has 2 aromatic rings. The molecule has 21 heavy (non-hydrogen) atoms. The van der Waals surface area contributed by atoms with Crippen LogP contribution < -0.4 is 4.74 Å². The molecular formula is C17H17ClO3. The molecule has 0 aliphatic carbocycles. The molecule has 110 valence electrons. The summed E-state index contributed by atoms with van der Waals surface area (Å²) in [6.45, 7) is 0.429. The van der Waals surface area contributed by atoms with Gasteiger partial charge in [0.2, 0.25) is 0 Å². The van der Waals surface area contributed by atoms with Crippen molar-refractivity contribution in [3.63, 3.8) is 0 Å². The van der Waals surface area contributed by atoms with Crippen LogP contribution in [-0.4, -0.2) is 11.1 Å². The van der Waals surface area contributed by atoms with Crippen LogP contribution in [0.3, 0.4) is 0 Å². The first-order chi connectivity index (χ1) is 10.1. The molecule has 0 atom stereocenters. The van der Waals surface area contributed by atoms with Crippen LogP contribution in [0.25, 0.3) is 0 Å². The van der Waals surface area contributed by atoms with Crippen molar-refractivity contribution < 1.29 is 14.6 Å². The van der Waals surface area contributed by atoms with Gasteiger partial charge >= 0.3 is 5.97 Å². The maximum Gasteiger partial charge on any atom is 0.303 e. The van der Waals surface area contributed by atoms with Crippen molar-refractivity contribution in [2.24, 2.45) is 0 Å². The quantitative estimate of drug-likeness (QED) is 0.828. The van der Waals surface area contributed by atoms with E-state index in [1.165, 1.54) is 0 Å². The van der Waals surface area contributed by atoms with Gasteiger partial charge in [-0.15, -0.1) is 0 Å². The summed E-state index contributed by atoms with van der Waals surface area (Å²) in [6, 6.07) is 15.3. The van der Waals surface area contributed by atoms with Gasteiger partial charge in [-0.3, -0.25) is 4.79 Å². The summed E-state index contributed by atoms with van der Waals surface area (Å²) in [5.74, 6) is 0.0200. The Hall–Kier alpha value is -2.00. The lowest BCUT2D eigenvalue weighted by atomic mass is 10.1. The van der Waals surface area contributed by atoms with Gasteiger partial charge in [0.25, 0.3) is 0 Å². The zero-order chi connectivity index (χ0) is 15.1. The molecule has 1 N–H and O–H groups in total. The fourth-order valence-electron chi connectivity index (χ4n) is 1.97. The van der Waals surface area contributed by atoms with Gasteiger partial charge in [0.1, 0.15) is 12.4 Å². The molecule has 0 saturated carbocycles. The number of carbonyl (C=O) groups is 1. The summed E-state index contributed by atoms with van der Waals surface area (Å²) >= 11 is 6.07. The third-order valence-electron chi connectivity index (χ3n) is 3.13. The van der Waals surface area contributed by atoms with E-state index in [1.807, 2.05) is 48.5 Å². The van der Waals surface area contributed by atoms with E-state index in [0.29, 0.717) is 18.1 Å². The first-order valence-corrected chi connectivity index (χ1v) is 7.20. The molecule has 2 rings (SSSR count). The molecular weight excluding hydrogens is 288 g/mol. The minimum Gasteiger partial charge on any atom is -0.489 e. The lowest BCUT2D eigenvalue weighted by Crippen LogP contribution is -1.97. The summed E-state index contributed by atoms with van der Waals surface area (Å²) < 4.78 is 5.69. The van der Waals surface area contributed by atoms with Crippen LogP contribution in [0.5, 0.6) is 5.75 Å². The third-order valence-corrected chi connectivity index (χ3v) is 3.50. The highest BCUT2D eigenvalue weighted by molar-refractivity contribution is 6.31. The van der Waals surface area contributed by atoms with Crippen LogP contribution in [0.4, 0.5) is 0 Å². The van der Waals surface area contributed by atoms with Crippen molar-refractivity contribution in [1.29, 1.82) is 0 Å². The number of carboxylic acid groups (broad SMARTS) is 1. The molecule has 0 saturated heterocycles. The topological polar surface area (TPSA) is 46.5 Å². The van der Waals surface area contributed by atoms with E-state index in [0.717, 1.165) is 23.3 Å². The first kappa shape index (κ1) is 15.4. The van der Waals surface area contributed by atoms with Crippen molar-refractivity contribution in [2.75, 3.05) is 0 Å². The van der Waals surface area contributed by atoms with Gasteiger partial charge in [0.15, 0.2) is 0 Å². The number of hydrogen-bond donors (Lipinski definition) is 1. The van der Waals surface area contributed by atoms with E-state index in [4.69, 9.17) is 21.4 Å². The zero-order valence-corrected chi connectivity index (χ0v) is 12.3. The number of aryl methyl sites for hydroxylation is 1. The van der Waals surface area contributed by atoms with E-state index >= 15 is 0 Å². The molecule has 0 fully saturated rings. The number of hydrogen-bond acceptors (Lipinski definition) is 2. The van der Waals surface area contributed by atoms with Crippen molar-refractivity contribution in [1.82, 2.24) is 0 Å². The molecule has 3 nitrogen and oxygen atoms in total. The molecule has 0 unspecified atom stereocenters. The van der Waals surface area contributed by atoms with Crippen LogP contribution in [0.15, 0.2) is 48.5 Å². The minimum absolute atomic E-state index is 0.199. The smallest absolute Gasteiger partial charge is 0.303 e. The Kier molecular flexibility index (Phi) is 5.64. The normalized spacial score (nSPS) is 10.3. The Labute approximate surface area is 129 Å². The highest BCUT2D eigenvalue weighted by Crippen LogP contribution is 2.19. The van der Waals surface area contributed by atoms with Gasteiger partial charge in [-0.1, -0.05) is 41.9 Å². The monoisotopic (exact) mass is 304 g/mol. The summed E-state index contributed by atoms with van der Waals surface area (Å²) in [5, 5.41) is 9.30. The number of carboxylic acids is 1. The Bertz CT molecular complexity index is 593. The molecule has 2 aromatic carbocycles. The lowest BCUT2D eigenvalue weighted by molar-refractivity contribution is -0.137. The molecule has 0 aliphatic rings. The summed E-state index contributed by atoms with van der Waals surface area (Å²) in [5.41, 5.74) is 2.06. The predicted octanol–water partition coefficient (Wildman–Crippen LogP) is 4.33. The molecule has 0 heterocycles. The van der Waals surface area contributed by atoms with Crippen molar-refractivity contribution in [3.05, 3.63) is 64.7 Å². The van der Waals surface area contributed by atoms with Crippen molar-refractivity contribution in [2.45, 2.75) is 25.9 Å². The van der Waals surface area contributed by atoms with Crippen LogP contribution in [0.2, 0.25) is 5.02 Å². The average molecular weight is 305 g/mol. The Morgan fingerprint density at radius 2 is 1.81 bits per heavy atom. The van der Waals surface area contributed by atoms with Crippen LogP contribution >= 0.6 is 11.6 Å². The van der Waals surface area contributed by atoms with E-state index in [2.05, 4.69) is 0 Å². The molecule has 0 bridgehead atoms. The molecule has 0 radical (unpaired) electrons. The van der Waals surface area contributed by atoms with Crippen LogP contribution in [0, 0.1) is 0 Å². The fourth-order valence-corrected chi connectivity index (χ4v) is 2.16. The highest BCUT2D eigenvalue weighted by Gasteiger charge is 2.02. The van der Waals surface area contributed by atoms with Gasteiger partial charge in [-0.25, -0.2) is 0 Å². The molecule has 4 heteroatoms. The number of benzene rings is 2. The Balaban J connectivity index is 1.85. The maximum absolute atomic E-state index is 10.5. The largest absolute Gasteiger partial charge is 0.489 e.